The molecule has 6 heteroatoms. The first-order chi connectivity index (χ1) is 9.42. The second-order valence-electron chi connectivity index (χ2n) is 5.61. The smallest absolute Gasteiger partial charge is 0.323 e. The lowest BCUT2D eigenvalue weighted by Crippen LogP contribution is -2.25. The molecule has 0 saturated heterocycles. The Hall–Kier alpha value is -1.59. The summed E-state index contributed by atoms with van der Waals surface area (Å²) < 4.78 is 5.60. The van der Waals surface area contributed by atoms with Crippen LogP contribution in [0.15, 0.2) is 0 Å². The third-order valence-corrected chi connectivity index (χ3v) is 2.46. The molecule has 1 N–H and O–H groups in total. The first-order valence-corrected chi connectivity index (χ1v) is 7.30. The van der Waals surface area contributed by atoms with Crippen LogP contribution in [0.25, 0.3) is 0 Å². The van der Waals surface area contributed by atoms with E-state index in [1.807, 2.05) is 25.8 Å². The van der Waals surface area contributed by atoms with Crippen LogP contribution >= 0.6 is 0 Å². The Morgan fingerprint density at radius 2 is 1.85 bits per heavy atom. The number of ether oxygens (including phenoxy) is 1. The predicted octanol–water partition coefficient (Wildman–Crippen LogP) is 2.57. The molecule has 0 aliphatic carbocycles. The molecule has 0 amide bonds. The molecule has 20 heavy (non-hydrogen) atoms. The van der Waals surface area contributed by atoms with Gasteiger partial charge < -0.3 is 15.0 Å². The number of hydrogen-bond donors (Lipinski definition) is 1. The van der Waals surface area contributed by atoms with E-state index in [1.165, 1.54) is 0 Å². The molecule has 0 atom stereocenters. The second kappa shape index (κ2) is 7.87. The van der Waals surface area contributed by atoms with Gasteiger partial charge in [-0.15, -0.1) is 0 Å². The van der Waals surface area contributed by atoms with Crippen LogP contribution in [0.5, 0.6) is 6.01 Å². The van der Waals surface area contributed by atoms with E-state index in [9.17, 15) is 0 Å². The Kier molecular flexibility index (Phi) is 6.48. The van der Waals surface area contributed by atoms with Crippen molar-refractivity contribution in [3.63, 3.8) is 0 Å². The molecular formula is C14H27N5O. The summed E-state index contributed by atoms with van der Waals surface area (Å²) in [6, 6.07) is 0.374. The maximum atomic E-state index is 5.60. The largest absolute Gasteiger partial charge is 0.461 e. The molecule has 1 aromatic rings. The van der Waals surface area contributed by atoms with Gasteiger partial charge in [0.2, 0.25) is 11.9 Å². The molecule has 114 valence electrons. The van der Waals surface area contributed by atoms with Crippen molar-refractivity contribution < 1.29 is 4.74 Å². The van der Waals surface area contributed by atoms with Gasteiger partial charge in [-0.3, -0.25) is 0 Å². The number of rotatable bonds is 8. The highest BCUT2D eigenvalue weighted by atomic mass is 16.5. The van der Waals surface area contributed by atoms with Crippen LogP contribution in [0.4, 0.5) is 11.9 Å². The molecule has 0 aliphatic heterocycles. The van der Waals surface area contributed by atoms with Gasteiger partial charge in [0.05, 0.1) is 6.10 Å². The van der Waals surface area contributed by atoms with Gasteiger partial charge in [0.25, 0.3) is 0 Å². The zero-order chi connectivity index (χ0) is 15.1. The molecule has 0 aromatic carbocycles. The number of aromatic nitrogens is 3. The van der Waals surface area contributed by atoms with Crippen molar-refractivity contribution in [2.75, 3.05) is 30.4 Å². The van der Waals surface area contributed by atoms with E-state index in [4.69, 9.17) is 4.74 Å². The molecule has 6 nitrogen and oxygen atoms in total. The van der Waals surface area contributed by atoms with Gasteiger partial charge in [-0.1, -0.05) is 20.8 Å². The number of nitrogens with zero attached hydrogens (tertiary/aromatic N) is 4. The van der Waals surface area contributed by atoms with Crippen molar-refractivity contribution in [2.24, 2.45) is 5.92 Å². The van der Waals surface area contributed by atoms with Crippen molar-refractivity contribution in [2.45, 2.75) is 47.1 Å². The Balaban J connectivity index is 2.95. The van der Waals surface area contributed by atoms with Crippen LogP contribution in [-0.2, 0) is 0 Å². The summed E-state index contributed by atoms with van der Waals surface area (Å²) in [6.07, 6.45) is 1.06. The highest BCUT2D eigenvalue weighted by Gasteiger charge is 2.13. The van der Waals surface area contributed by atoms with Gasteiger partial charge in [-0.05, 0) is 26.2 Å². The van der Waals surface area contributed by atoms with Crippen molar-refractivity contribution in [1.82, 2.24) is 15.0 Å². The molecule has 1 rings (SSSR count). The average molecular weight is 281 g/mol. The second-order valence-corrected chi connectivity index (χ2v) is 5.61. The van der Waals surface area contributed by atoms with E-state index in [0.717, 1.165) is 19.5 Å². The summed E-state index contributed by atoms with van der Waals surface area (Å²) in [5, 5.41) is 3.19. The van der Waals surface area contributed by atoms with Gasteiger partial charge >= 0.3 is 6.01 Å². The molecular weight excluding hydrogens is 254 g/mol. The van der Waals surface area contributed by atoms with Gasteiger partial charge in [0.15, 0.2) is 0 Å². The standard InChI is InChI=1S/C14H27N5O/c1-7-8-15-12-16-13(19(6)9-10(2)3)18-14(17-12)20-11(4)5/h10-11H,7-9H2,1-6H3,(H,15,16,17,18). The lowest BCUT2D eigenvalue weighted by atomic mass is 10.2. The van der Waals surface area contributed by atoms with Gasteiger partial charge in [0, 0.05) is 20.1 Å². The molecule has 1 heterocycles. The molecule has 0 fully saturated rings. The molecule has 0 saturated carbocycles. The van der Waals surface area contributed by atoms with Crippen LogP contribution in [0.1, 0.15) is 41.0 Å². The van der Waals surface area contributed by atoms with Crippen LogP contribution in [-0.4, -0.2) is 41.2 Å². The lowest BCUT2D eigenvalue weighted by Gasteiger charge is -2.20. The topological polar surface area (TPSA) is 63.2 Å². The average Bonchev–Trinajstić information content (AvgIpc) is 2.34. The number of hydrogen-bond acceptors (Lipinski definition) is 6. The fraction of sp³-hybridized carbons (Fsp3) is 0.786. The molecule has 1 aromatic heterocycles. The zero-order valence-corrected chi connectivity index (χ0v) is 13.5. The Labute approximate surface area is 122 Å². The Morgan fingerprint density at radius 3 is 2.40 bits per heavy atom. The minimum atomic E-state index is 0.0414. The van der Waals surface area contributed by atoms with E-state index in [0.29, 0.717) is 23.8 Å². The quantitative estimate of drug-likeness (QED) is 0.790. The number of nitrogens with one attached hydrogen (secondary N) is 1. The van der Waals surface area contributed by atoms with Crippen LogP contribution in [0.2, 0.25) is 0 Å². The summed E-state index contributed by atoms with van der Waals surface area (Å²) in [6.45, 7) is 12.1. The monoisotopic (exact) mass is 281 g/mol. The fourth-order valence-electron chi connectivity index (χ4n) is 1.73. The normalized spacial score (nSPS) is 11.0. The van der Waals surface area contributed by atoms with E-state index < -0.39 is 0 Å². The van der Waals surface area contributed by atoms with Crippen molar-refractivity contribution in [1.29, 1.82) is 0 Å². The first kappa shape index (κ1) is 16.5. The summed E-state index contributed by atoms with van der Waals surface area (Å²) in [5.41, 5.74) is 0. The maximum absolute atomic E-state index is 5.60. The van der Waals surface area contributed by atoms with Gasteiger partial charge in [-0.25, -0.2) is 0 Å². The molecule has 0 bridgehead atoms. The van der Waals surface area contributed by atoms with E-state index in [2.05, 4.69) is 41.0 Å². The minimum absolute atomic E-state index is 0.0414. The Morgan fingerprint density at radius 1 is 1.15 bits per heavy atom. The lowest BCUT2D eigenvalue weighted by molar-refractivity contribution is 0.222. The molecule has 0 aliphatic rings. The zero-order valence-electron chi connectivity index (χ0n) is 13.5. The third kappa shape index (κ3) is 5.59. The van der Waals surface area contributed by atoms with Crippen molar-refractivity contribution in [3.05, 3.63) is 0 Å². The summed E-state index contributed by atoms with van der Waals surface area (Å²) in [4.78, 5) is 15.1. The summed E-state index contributed by atoms with van der Waals surface area (Å²) in [7, 11) is 1.98. The SMILES string of the molecule is CCCNc1nc(OC(C)C)nc(N(C)CC(C)C)n1. The predicted molar refractivity (Wildman–Crippen MR) is 82.5 cm³/mol. The summed E-state index contributed by atoms with van der Waals surface area (Å²) >= 11 is 0. The molecule has 0 radical (unpaired) electrons. The minimum Gasteiger partial charge on any atom is -0.461 e. The van der Waals surface area contributed by atoms with E-state index in [1.54, 1.807) is 0 Å². The number of anilines is 2. The van der Waals surface area contributed by atoms with E-state index in [-0.39, 0.29) is 6.10 Å². The fourth-order valence-corrected chi connectivity index (χ4v) is 1.73. The third-order valence-electron chi connectivity index (χ3n) is 2.46. The van der Waals surface area contributed by atoms with Crippen LogP contribution < -0.4 is 15.0 Å². The Bertz CT molecular complexity index is 409. The van der Waals surface area contributed by atoms with Gasteiger partial charge in [-0.2, -0.15) is 15.0 Å². The highest BCUT2D eigenvalue weighted by molar-refractivity contribution is 5.37. The maximum Gasteiger partial charge on any atom is 0.323 e. The van der Waals surface area contributed by atoms with Crippen LogP contribution in [0, 0.1) is 5.92 Å². The van der Waals surface area contributed by atoms with Gasteiger partial charge in [0.1, 0.15) is 0 Å². The first-order valence-electron chi connectivity index (χ1n) is 7.30. The van der Waals surface area contributed by atoms with Crippen LogP contribution in [0.3, 0.4) is 0 Å². The van der Waals surface area contributed by atoms with Crippen molar-refractivity contribution >= 4 is 11.9 Å². The van der Waals surface area contributed by atoms with Crippen molar-refractivity contribution in [3.8, 4) is 6.01 Å². The summed E-state index contributed by atoms with van der Waals surface area (Å²) in [5.74, 6) is 1.75. The molecule has 0 unspecified atom stereocenters. The highest BCUT2D eigenvalue weighted by Crippen LogP contribution is 2.16. The van der Waals surface area contributed by atoms with E-state index >= 15 is 0 Å². The molecule has 0 spiro atoms.